The van der Waals surface area contributed by atoms with Gasteiger partial charge >= 0.3 is 0 Å². The number of thiophene rings is 1. The highest BCUT2D eigenvalue weighted by atomic mass is 79.9. The summed E-state index contributed by atoms with van der Waals surface area (Å²) in [5, 5.41) is 8.97. The lowest BCUT2D eigenvalue weighted by Gasteiger charge is -2.08. The normalized spacial score (nSPS) is 11.5. The number of aliphatic hydroxyl groups is 1. The summed E-state index contributed by atoms with van der Waals surface area (Å²) in [6, 6.07) is 8.46. The highest BCUT2D eigenvalue weighted by molar-refractivity contribution is 9.10. The molecule has 0 aliphatic heterocycles. The fourth-order valence-electron chi connectivity index (χ4n) is 1.49. The lowest BCUT2D eigenvalue weighted by atomic mass is 10.2. The standard InChI is InChI=1S/C12H12BrNO3S2/c1-8-2-4-11(10(13)6-8)14-19(16,17)12-5-3-9(7-15)18-12/h2-6,14-15H,7H2,1H3. The first-order valence-corrected chi connectivity index (χ1v) is 8.50. The quantitative estimate of drug-likeness (QED) is 0.878. The first-order chi connectivity index (χ1) is 8.92. The number of halogens is 1. The molecule has 0 fully saturated rings. The van der Waals surface area contributed by atoms with Gasteiger partial charge in [-0.25, -0.2) is 8.42 Å². The van der Waals surface area contributed by atoms with Gasteiger partial charge in [0.25, 0.3) is 10.0 Å². The second-order valence-electron chi connectivity index (χ2n) is 3.97. The van der Waals surface area contributed by atoms with Gasteiger partial charge < -0.3 is 5.11 Å². The molecule has 4 nitrogen and oxygen atoms in total. The van der Waals surface area contributed by atoms with E-state index in [-0.39, 0.29) is 10.8 Å². The molecular weight excluding hydrogens is 350 g/mol. The Morgan fingerprint density at radius 3 is 2.63 bits per heavy atom. The van der Waals surface area contributed by atoms with Crippen molar-refractivity contribution in [3.63, 3.8) is 0 Å². The number of nitrogens with one attached hydrogen (secondary N) is 1. The second-order valence-corrected chi connectivity index (χ2v) is 7.90. The Labute approximate surface area is 124 Å². The lowest BCUT2D eigenvalue weighted by Crippen LogP contribution is -2.11. The fourth-order valence-corrected chi connectivity index (χ4v) is 4.50. The number of aryl methyl sites for hydroxylation is 1. The first-order valence-electron chi connectivity index (χ1n) is 5.41. The van der Waals surface area contributed by atoms with Crippen LogP contribution in [0.4, 0.5) is 5.69 Å². The zero-order valence-electron chi connectivity index (χ0n) is 10.1. The molecule has 0 aliphatic carbocycles. The predicted molar refractivity (Wildman–Crippen MR) is 79.9 cm³/mol. The van der Waals surface area contributed by atoms with Crippen LogP contribution in [0.3, 0.4) is 0 Å². The van der Waals surface area contributed by atoms with Crippen LogP contribution in [0.5, 0.6) is 0 Å². The van der Waals surface area contributed by atoms with Gasteiger partial charge in [0.2, 0.25) is 0 Å². The van der Waals surface area contributed by atoms with Crippen molar-refractivity contribution in [3.8, 4) is 0 Å². The minimum atomic E-state index is -3.61. The number of hydrogen-bond donors (Lipinski definition) is 2. The van der Waals surface area contributed by atoms with Crippen molar-refractivity contribution in [1.29, 1.82) is 0 Å². The van der Waals surface area contributed by atoms with Crippen LogP contribution in [0.25, 0.3) is 0 Å². The van der Waals surface area contributed by atoms with E-state index >= 15 is 0 Å². The minimum Gasteiger partial charge on any atom is -0.391 e. The first kappa shape index (κ1) is 14.5. The van der Waals surface area contributed by atoms with Gasteiger partial charge in [-0.2, -0.15) is 0 Å². The third-order valence-electron chi connectivity index (χ3n) is 2.43. The van der Waals surface area contributed by atoms with Gasteiger partial charge in [0.15, 0.2) is 0 Å². The third kappa shape index (κ3) is 3.36. The Kier molecular flexibility index (Phi) is 4.29. The maximum atomic E-state index is 12.2. The highest BCUT2D eigenvalue weighted by Gasteiger charge is 2.18. The molecule has 102 valence electrons. The van der Waals surface area contributed by atoms with Crippen LogP contribution < -0.4 is 4.72 Å². The molecular formula is C12H12BrNO3S2. The van der Waals surface area contributed by atoms with E-state index in [1.54, 1.807) is 12.1 Å². The Morgan fingerprint density at radius 2 is 2.05 bits per heavy atom. The van der Waals surface area contributed by atoms with Crippen molar-refractivity contribution in [2.75, 3.05) is 4.72 Å². The zero-order valence-corrected chi connectivity index (χ0v) is 13.3. The number of rotatable bonds is 4. The van der Waals surface area contributed by atoms with Crippen LogP contribution in [0.1, 0.15) is 10.4 Å². The maximum absolute atomic E-state index is 12.2. The van der Waals surface area contributed by atoms with Gasteiger partial charge in [-0.15, -0.1) is 11.3 Å². The Hall–Kier alpha value is -0.890. The Morgan fingerprint density at radius 1 is 1.32 bits per heavy atom. The maximum Gasteiger partial charge on any atom is 0.271 e. The Bertz CT molecular complexity index is 695. The van der Waals surface area contributed by atoms with E-state index < -0.39 is 10.0 Å². The van der Waals surface area contributed by atoms with Gasteiger partial charge in [0.05, 0.1) is 12.3 Å². The van der Waals surface area contributed by atoms with Crippen molar-refractivity contribution in [1.82, 2.24) is 0 Å². The van der Waals surface area contributed by atoms with Gasteiger partial charge in [-0.1, -0.05) is 6.07 Å². The van der Waals surface area contributed by atoms with Crippen molar-refractivity contribution >= 4 is 43.0 Å². The van der Waals surface area contributed by atoms with Gasteiger partial charge in [-0.3, -0.25) is 4.72 Å². The van der Waals surface area contributed by atoms with E-state index in [2.05, 4.69) is 20.7 Å². The molecule has 0 atom stereocenters. The topological polar surface area (TPSA) is 66.4 Å². The minimum absolute atomic E-state index is 0.158. The van der Waals surface area contributed by atoms with Crippen molar-refractivity contribution < 1.29 is 13.5 Å². The van der Waals surface area contributed by atoms with Crippen molar-refractivity contribution in [2.24, 2.45) is 0 Å². The molecule has 2 N–H and O–H groups in total. The summed E-state index contributed by atoms with van der Waals surface area (Å²) in [5.74, 6) is 0. The van der Waals surface area contributed by atoms with E-state index in [1.165, 1.54) is 6.07 Å². The smallest absolute Gasteiger partial charge is 0.271 e. The molecule has 19 heavy (non-hydrogen) atoms. The van der Waals surface area contributed by atoms with Gasteiger partial charge in [0.1, 0.15) is 4.21 Å². The summed E-state index contributed by atoms with van der Waals surface area (Å²) in [6.07, 6.45) is 0. The molecule has 1 aromatic carbocycles. The monoisotopic (exact) mass is 361 g/mol. The van der Waals surface area contributed by atoms with Crippen LogP contribution in [0.2, 0.25) is 0 Å². The average molecular weight is 362 g/mol. The second kappa shape index (κ2) is 5.62. The number of sulfonamides is 1. The van der Waals surface area contributed by atoms with E-state index in [0.29, 0.717) is 15.0 Å². The van der Waals surface area contributed by atoms with Crippen molar-refractivity contribution in [2.45, 2.75) is 17.7 Å². The van der Waals surface area contributed by atoms with Crippen LogP contribution in [-0.4, -0.2) is 13.5 Å². The molecule has 2 aromatic rings. The highest BCUT2D eigenvalue weighted by Crippen LogP contribution is 2.28. The van der Waals surface area contributed by atoms with E-state index in [4.69, 9.17) is 5.11 Å². The molecule has 1 aromatic heterocycles. The molecule has 0 saturated carbocycles. The van der Waals surface area contributed by atoms with Crippen LogP contribution in [0, 0.1) is 6.92 Å². The van der Waals surface area contributed by atoms with Crippen LogP contribution in [0.15, 0.2) is 39.0 Å². The third-order valence-corrected chi connectivity index (χ3v) is 6.01. The molecule has 0 bridgehead atoms. The summed E-state index contributed by atoms with van der Waals surface area (Å²) >= 11 is 4.38. The van der Waals surface area contributed by atoms with Gasteiger partial charge in [-0.05, 0) is 52.7 Å². The summed E-state index contributed by atoms with van der Waals surface area (Å²) in [6.45, 7) is 1.77. The molecule has 7 heteroatoms. The molecule has 2 rings (SSSR count). The van der Waals surface area contributed by atoms with E-state index in [9.17, 15) is 8.42 Å². The zero-order chi connectivity index (χ0) is 14.0. The summed E-state index contributed by atoms with van der Waals surface area (Å²) in [5.41, 5.74) is 1.53. The van der Waals surface area contributed by atoms with E-state index in [0.717, 1.165) is 16.9 Å². The van der Waals surface area contributed by atoms with Gasteiger partial charge in [0, 0.05) is 9.35 Å². The molecule has 0 spiro atoms. The molecule has 0 radical (unpaired) electrons. The summed E-state index contributed by atoms with van der Waals surface area (Å²) in [4.78, 5) is 0.614. The number of hydrogen-bond acceptors (Lipinski definition) is 4. The lowest BCUT2D eigenvalue weighted by molar-refractivity contribution is 0.285. The summed E-state index contributed by atoms with van der Waals surface area (Å²) in [7, 11) is -3.61. The number of anilines is 1. The molecule has 0 saturated heterocycles. The SMILES string of the molecule is Cc1ccc(NS(=O)(=O)c2ccc(CO)s2)c(Br)c1. The Balaban J connectivity index is 2.30. The number of aliphatic hydroxyl groups excluding tert-OH is 1. The largest absolute Gasteiger partial charge is 0.391 e. The molecule has 0 amide bonds. The van der Waals surface area contributed by atoms with Crippen LogP contribution >= 0.6 is 27.3 Å². The molecule has 1 heterocycles. The summed E-state index contributed by atoms with van der Waals surface area (Å²) < 4.78 is 27.7. The number of benzene rings is 1. The predicted octanol–water partition coefficient (Wildman–Crippen LogP) is 3.11. The molecule has 0 unspecified atom stereocenters. The molecule has 0 aliphatic rings. The van der Waals surface area contributed by atoms with Crippen molar-refractivity contribution in [3.05, 3.63) is 45.2 Å². The van der Waals surface area contributed by atoms with E-state index in [1.807, 2.05) is 19.1 Å². The average Bonchev–Trinajstić information content (AvgIpc) is 2.82. The fraction of sp³-hybridized carbons (Fsp3) is 0.167. The van der Waals surface area contributed by atoms with Crippen LogP contribution in [-0.2, 0) is 16.6 Å².